The van der Waals surface area contributed by atoms with Crippen molar-refractivity contribution in [1.82, 2.24) is 0 Å². The van der Waals surface area contributed by atoms with E-state index in [1.807, 2.05) is 0 Å². The maximum Gasteiger partial charge on any atom is 0.344 e. The van der Waals surface area contributed by atoms with Gasteiger partial charge in [0.1, 0.15) is 11.9 Å². The number of esters is 1. The lowest BCUT2D eigenvalue weighted by molar-refractivity contribution is -0.145. The molecule has 2 atom stereocenters. The highest BCUT2D eigenvalue weighted by atomic mass is 16.6. The van der Waals surface area contributed by atoms with Gasteiger partial charge in [0.15, 0.2) is 6.61 Å². The molecule has 1 saturated heterocycles. The summed E-state index contributed by atoms with van der Waals surface area (Å²) in [5, 5.41) is 2.78. The summed E-state index contributed by atoms with van der Waals surface area (Å²) in [6, 6.07) is 6.82. The SMILES string of the molecule is CCOC(=O)COc1cccc(NC(=O)[C@@H]2CC[C@H](CN)O2)c1. The van der Waals surface area contributed by atoms with Gasteiger partial charge in [-0.1, -0.05) is 6.07 Å². The monoisotopic (exact) mass is 322 g/mol. The van der Waals surface area contributed by atoms with Crippen molar-refractivity contribution in [2.75, 3.05) is 25.1 Å². The Morgan fingerprint density at radius 2 is 2.22 bits per heavy atom. The highest BCUT2D eigenvalue weighted by Gasteiger charge is 2.29. The summed E-state index contributed by atoms with van der Waals surface area (Å²) in [5.74, 6) is -0.166. The molecular weight excluding hydrogens is 300 g/mol. The highest BCUT2D eigenvalue weighted by Crippen LogP contribution is 2.22. The number of benzene rings is 1. The Morgan fingerprint density at radius 1 is 1.39 bits per heavy atom. The molecular formula is C16H22N2O5. The second kappa shape index (κ2) is 8.50. The molecule has 126 valence electrons. The summed E-state index contributed by atoms with van der Waals surface area (Å²) < 4.78 is 15.7. The average Bonchev–Trinajstić information content (AvgIpc) is 3.03. The predicted octanol–water partition coefficient (Wildman–Crippen LogP) is 1.07. The molecule has 7 heteroatoms. The topological polar surface area (TPSA) is 99.9 Å². The second-order valence-corrected chi connectivity index (χ2v) is 5.17. The molecule has 0 bridgehead atoms. The van der Waals surface area contributed by atoms with Crippen molar-refractivity contribution in [2.45, 2.75) is 32.0 Å². The van der Waals surface area contributed by atoms with E-state index in [4.69, 9.17) is 19.9 Å². The maximum absolute atomic E-state index is 12.1. The third-order valence-corrected chi connectivity index (χ3v) is 3.43. The first-order valence-corrected chi connectivity index (χ1v) is 7.67. The smallest absolute Gasteiger partial charge is 0.344 e. The highest BCUT2D eigenvalue weighted by molar-refractivity contribution is 5.94. The van der Waals surface area contributed by atoms with E-state index in [1.165, 1.54) is 0 Å². The minimum Gasteiger partial charge on any atom is -0.482 e. The van der Waals surface area contributed by atoms with Crippen LogP contribution in [0.2, 0.25) is 0 Å². The molecule has 1 heterocycles. The van der Waals surface area contributed by atoms with E-state index in [-0.39, 0.29) is 18.6 Å². The van der Waals surface area contributed by atoms with E-state index in [0.717, 1.165) is 6.42 Å². The largest absolute Gasteiger partial charge is 0.482 e. The number of nitrogens with one attached hydrogen (secondary N) is 1. The fourth-order valence-corrected chi connectivity index (χ4v) is 2.30. The summed E-state index contributed by atoms with van der Waals surface area (Å²) in [7, 11) is 0. The van der Waals surface area contributed by atoms with Crippen LogP contribution in [-0.4, -0.2) is 43.8 Å². The van der Waals surface area contributed by atoms with Gasteiger partial charge in [0.2, 0.25) is 0 Å². The van der Waals surface area contributed by atoms with Crippen LogP contribution in [0, 0.1) is 0 Å². The van der Waals surface area contributed by atoms with Crippen LogP contribution in [0.15, 0.2) is 24.3 Å². The van der Waals surface area contributed by atoms with Crippen molar-refractivity contribution in [2.24, 2.45) is 5.73 Å². The van der Waals surface area contributed by atoms with E-state index in [2.05, 4.69) is 5.32 Å². The van der Waals surface area contributed by atoms with Gasteiger partial charge in [0, 0.05) is 18.3 Å². The van der Waals surface area contributed by atoms with Gasteiger partial charge in [-0.25, -0.2) is 4.79 Å². The van der Waals surface area contributed by atoms with Crippen LogP contribution in [-0.2, 0) is 19.1 Å². The second-order valence-electron chi connectivity index (χ2n) is 5.17. The van der Waals surface area contributed by atoms with Crippen LogP contribution < -0.4 is 15.8 Å². The van der Waals surface area contributed by atoms with Crippen molar-refractivity contribution in [1.29, 1.82) is 0 Å². The molecule has 1 aromatic rings. The molecule has 1 aliphatic heterocycles. The Labute approximate surface area is 135 Å². The molecule has 7 nitrogen and oxygen atoms in total. The molecule has 2 rings (SSSR count). The van der Waals surface area contributed by atoms with E-state index < -0.39 is 12.1 Å². The first-order valence-electron chi connectivity index (χ1n) is 7.67. The standard InChI is InChI=1S/C16H22N2O5/c1-2-21-15(19)10-22-12-5-3-4-11(8-12)18-16(20)14-7-6-13(9-17)23-14/h3-5,8,13-14H,2,6-7,9-10,17H2,1H3,(H,18,20)/t13-,14+/m1/s1. The molecule has 3 N–H and O–H groups in total. The summed E-state index contributed by atoms with van der Waals surface area (Å²) in [4.78, 5) is 23.4. The van der Waals surface area contributed by atoms with E-state index in [1.54, 1.807) is 31.2 Å². The van der Waals surface area contributed by atoms with Crippen molar-refractivity contribution < 1.29 is 23.8 Å². The summed E-state index contributed by atoms with van der Waals surface area (Å²) in [5.41, 5.74) is 6.12. The summed E-state index contributed by atoms with van der Waals surface area (Å²) in [6.45, 7) is 2.29. The third kappa shape index (κ3) is 5.22. The van der Waals surface area contributed by atoms with Gasteiger partial charge in [-0.3, -0.25) is 4.79 Å². The molecule has 1 fully saturated rings. The lowest BCUT2D eigenvalue weighted by Crippen LogP contribution is -2.29. The first-order chi connectivity index (χ1) is 11.1. The Kier molecular flexibility index (Phi) is 6.37. The normalized spacial score (nSPS) is 20.1. The van der Waals surface area contributed by atoms with Gasteiger partial charge in [-0.05, 0) is 31.9 Å². The quantitative estimate of drug-likeness (QED) is 0.729. The fraction of sp³-hybridized carbons (Fsp3) is 0.500. The first kappa shape index (κ1) is 17.2. The van der Waals surface area contributed by atoms with Gasteiger partial charge in [-0.15, -0.1) is 0 Å². The van der Waals surface area contributed by atoms with Crippen LogP contribution in [0.1, 0.15) is 19.8 Å². The molecule has 0 spiro atoms. The number of hydrogen-bond acceptors (Lipinski definition) is 6. The minimum atomic E-state index is -0.479. The number of amides is 1. The van der Waals surface area contributed by atoms with Gasteiger partial charge in [0.05, 0.1) is 12.7 Å². The zero-order chi connectivity index (χ0) is 16.7. The third-order valence-electron chi connectivity index (χ3n) is 3.43. The van der Waals surface area contributed by atoms with E-state index >= 15 is 0 Å². The number of rotatable bonds is 7. The number of carbonyl (C=O) groups is 2. The number of anilines is 1. The molecule has 0 aromatic heterocycles. The lowest BCUT2D eigenvalue weighted by atomic mass is 10.2. The molecule has 1 aliphatic rings. The summed E-state index contributed by atoms with van der Waals surface area (Å²) >= 11 is 0. The Balaban J connectivity index is 1.87. The van der Waals surface area contributed by atoms with Crippen molar-refractivity contribution in [3.05, 3.63) is 24.3 Å². The van der Waals surface area contributed by atoms with Crippen LogP contribution in [0.25, 0.3) is 0 Å². The van der Waals surface area contributed by atoms with Crippen LogP contribution in [0.3, 0.4) is 0 Å². The van der Waals surface area contributed by atoms with Crippen molar-refractivity contribution in [3.8, 4) is 5.75 Å². The summed E-state index contributed by atoms with van der Waals surface area (Å²) in [6.07, 6.45) is 0.918. The van der Waals surface area contributed by atoms with Gasteiger partial charge in [0.25, 0.3) is 5.91 Å². The molecule has 0 radical (unpaired) electrons. The molecule has 0 saturated carbocycles. The van der Waals surface area contributed by atoms with Crippen LogP contribution >= 0.6 is 0 Å². The molecule has 1 amide bonds. The van der Waals surface area contributed by atoms with E-state index in [9.17, 15) is 9.59 Å². The van der Waals surface area contributed by atoms with Gasteiger partial charge >= 0.3 is 5.97 Å². The number of nitrogens with two attached hydrogens (primary N) is 1. The predicted molar refractivity (Wildman–Crippen MR) is 84.1 cm³/mol. The Morgan fingerprint density at radius 3 is 2.91 bits per heavy atom. The Hall–Kier alpha value is -2.12. The number of ether oxygens (including phenoxy) is 3. The number of hydrogen-bond donors (Lipinski definition) is 2. The zero-order valence-corrected chi connectivity index (χ0v) is 13.1. The Bertz CT molecular complexity index is 549. The van der Waals surface area contributed by atoms with Crippen molar-refractivity contribution in [3.63, 3.8) is 0 Å². The lowest BCUT2D eigenvalue weighted by Gasteiger charge is -2.13. The van der Waals surface area contributed by atoms with Crippen molar-refractivity contribution >= 4 is 17.6 Å². The van der Waals surface area contributed by atoms with Crippen LogP contribution in [0.5, 0.6) is 5.75 Å². The number of carbonyl (C=O) groups excluding carboxylic acids is 2. The molecule has 23 heavy (non-hydrogen) atoms. The fourth-order valence-electron chi connectivity index (χ4n) is 2.30. The average molecular weight is 322 g/mol. The van der Waals surface area contributed by atoms with E-state index in [0.29, 0.717) is 31.0 Å². The van der Waals surface area contributed by atoms with Crippen LogP contribution in [0.4, 0.5) is 5.69 Å². The molecule has 0 unspecified atom stereocenters. The molecule has 0 aliphatic carbocycles. The van der Waals surface area contributed by atoms with Gasteiger partial charge in [-0.2, -0.15) is 0 Å². The molecule has 1 aromatic carbocycles. The zero-order valence-electron chi connectivity index (χ0n) is 13.1. The maximum atomic E-state index is 12.1. The van der Waals surface area contributed by atoms with Gasteiger partial charge < -0.3 is 25.3 Å². The minimum absolute atomic E-state index is 0.0509.